The maximum Gasteiger partial charge on any atom is 0.274 e. The van der Waals surface area contributed by atoms with Gasteiger partial charge in [-0.05, 0) is 70.9 Å². The molecular formula is C36H33BrN12O4. The third kappa shape index (κ3) is 10.0. The van der Waals surface area contributed by atoms with Gasteiger partial charge in [0.1, 0.15) is 21.8 Å². The predicted octanol–water partition coefficient (Wildman–Crippen LogP) is 4.45. The molecule has 53 heavy (non-hydrogen) atoms. The van der Waals surface area contributed by atoms with Crippen molar-refractivity contribution in [2.24, 2.45) is 25.6 Å². The van der Waals surface area contributed by atoms with Crippen molar-refractivity contribution in [2.75, 3.05) is 10.6 Å². The first-order chi connectivity index (χ1) is 25.5. The second-order valence-electron chi connectivity index (χ2n) is 11.1. The molecule has 0 saturated heterocycles. The van der Waals surface area contributed by atoms with Crippen molar-refractivity contribution in [3.05, 3.63) is 143 Å². The number of halogens is 1. The molecule has 6 aromatic heterocycles. The van der Waals surface area contributed by atoms with Crippen molar-refractivity contribution in [3.8, 4) is 17.1 Å². The van der Waals surface area contributed by atoms with Crippen LogP contribution >= 0.6 is 15.9 Å². The Bertz CT molecular complexity index is 2300. The second kappa shape index (κ2) is 17.3. The number of carbonyl (C=O) groups excluding carboxylic acids is 4. The zero-order valence-electron chi connectivity index (χ0n) is 28.4. The Balaban J connectivity index is 0.000000181. The summed E-state index contributed by atoms with van der Waals surface area (Å²) in [4.78, 5) is 60.3. The number of nitrogens with zero attached hydrogens (tertiary/aromatic N) is 8. The van der Waals surface area contributed by atoms with E-state index in [2.05, 4.69) is 76.0 Å². The lowest BCUT2D eigenvalue weighted by atomic mass is 10.2. The zero-order valence-corrected chi connectivity index (χ0v) is 30.0. The van der Waals surface area contributed by atoms with Gasteiger partial charge in [0.2, 0.25) is 0 Å². The minimum atomic E-state index is -0.724. The summed E-state index contributed by atoms with van der Waals surface area (Å²) in [6, 6.07) is 17.5. The highest BCUT2D eigenvalue weighted by Gasteiger charge is 2.19. The molecule has 4 amide bonds. The predicted molar refractivity (Wildman–Crippen MR) is 201 cm³/mol. The third-order valence-corrected chi connectivity index (χ3v) is 7.59. The van der Waals surface area contributed by atoms with E-state index in [0.29, 0.717) is 16.1 Å². The van der Waals surface area contributed by atoms with Crippen molar-refractivity contribution in [1.82, 2.24) is 39.1 Å². The SMILES string of the molecule is C1=CCC=C1.Cn1cc(NC(=O)c2cccc(-c3ccc(Br)nc3)n2)c(C(N)=O)n1.Cn1cc(NC(=O)c2cccc(-n3cccc3)n2)c(C(N)=O)n1. The zero-order chi connectivity index (χ0) is 37.9. The summed E-state index contributed by atoms with van der Waals surface area (Å²) in [6.45, 7) is 0. The minimum Gasteiger partial charge on any atom is -0.364 e. The Morgan fingerprint density at radius 3 is 1.75 bits per heavy atom. The van der Waals surface area contributed by atoms with Gasteiger partial charge in [0.05, 0.1) is 17.1 Å². The van der Waals surface area contributed by atoms with Gasteiger partial charge in [-0.2, -0.15) is 10.2 Å². The van der Waals surface area contributed by atoms with Gasteiger partial charge in [0, 0.05) is 50.6 Å². The number of carbonyl (C=O) groups is 4. The summed E-state index contributed by atoms with van der Waals surface area (Å²) in [5.41, 5.74) is 12.8. The molecule has 0 unspecified atom stereocenters. The number of nitrogens with one attached hydrogen (secondary N) is 2. The number of rotatable bonds is 8. The average molecular weight is 778 g/mol. The molecular weight excluding hydrogens is 744 g/mol. The summed E-state index contributed by atoms with van der Waals surface area (Å²) in [6.07, 6.45) is 17.8. The second-order valence-corrected chi connectivity index (χ2v) is 11.9. The van der Waals surface area contributed by atoms with Gasteiger partial charge in [0.25, 0.3) is 23.6 Å². The highest BCUT2D eigenvalue weighted by Crippen LogP contribution is 2.20. The summed E-state index contributed by atoms with van der Waals surface area (Å²) in [5, 5.41) is 13.1. The fourth-order valence-electron chi connectivity index (χ4n) is 4.72. The number of nitrogens with two attached hydrogens (primary N) is 2. The minimum absolute atomic E-state index is 0.00224. The van der Waals surface area contributed by atoms with Crippen LogP contribution in [0.2, 0.25) is 0 Å². The molecule has 0 aromatic carbocycles. The number of anilines is 2. The van der Waals surface area contributed by atoms with Crippen LogP contribution in [0.4, 0.5) is 11.4 Å². The van der Waals surface area contributed by atoms with Crippen molar-refractivity contribution < 1.29 is 19.2 Å². The van der Waals surface area contributed by atoms with Crippen molar-refractivity contribution in [1.29, 1.82) is 0 Å². The molecule has 0 spiro atoms. The normalized spacial score (nSPS) is 11.2. The van der Waals surface area contributed by atoms with Gasteiger partial charge in [-0.3, -0.25) is 28.5 Å². The van der Waals surface area contributed by atoms with Gasteiger partial charge in [-0.1, -0.05) is 36.4 Å². The van der Waals surface area contributed by atoms with Crippen LogP contribution in [0.5, 0.6) is 0 Å². The van der Waals surface area contributed by atoms with Crippen LogP contribution in [0.1, 0.15) is 48.4 Å². The van der Waals surface area contributed by atoms with Gasteiger partial charge in [0.15, 0.2) is 11.4 Å². The lowest BCUT2D eigenvalue weighted by molar-refractivity contribution is 0.0985. The maximum absolute atomic E-state index is 12.4. The molecule has 17 heteroatoms. The first-order valence-corrected chi connectivity index (χ1v) is 16.6. The molecule has 6 heterocycles. The Morgan fingerprint density at radius 2 is 1.26 bits per heavy atom. The number of hydrogen-bond donors (Lipinski definition) is 4. The van der Waals surface area contributed by atoms with E-state index >= 15 is 0 Å². The first-order valence-electron chi connectivity index (χ1n) is 15.8. The quantitative estimate of drug-likeness (QED) is 0.160. The van der Waals surface area contributed by atoms with Crippen LogP contribution in [0.3, 0.4) is 0 Å². The lowest BCUT2D eigenvalue weighted by Gasteiger charge is -2.06. The van der Waals surface area contributed by atoms with Gasteiger partial charge in [-0.25, -0.2) is 15.0 Å². The molecule has 16 nitrogen and oxygen atoms in total. The molecule has 0 bridgehead atoms. The van der Waals surface area contributed by atoms with Crippen LogP contribution in [0.15, 0.2) is 121 Å². The van der Waals surface area contributed by atoms with E-state index in [4.69, 9.17) is 11.5 Å². The highest BCUT2D eigenvalue weighted by atomic mass is 79.9. The molecule has 0 atom stereocenters. The van der Waals surface area contributed by atoms with Crippen LogP contribution in [-0.2, 0) is 14.1 Å². The van der Waals surface area contributed by atoms with Crippen LogP contribution in [0, 0.1) is 0 Å². The summed E-state index contributed by atoms with van der Waals surface area (Å²) in [7, 11) is 3.26. The molecule has 1 aliphatic carbocycles. The molecule has 0 radical (unpaired) electrons. The highest BCUT2D eigenvalue weighted by molar-refractivity contribution is 9.10. The largest absolute Gasteiger partial charge is 0.364 e. The fourth-order valence-corrected chi connectivity index (χ4v) is 4.95. The topological polar surface area (TPSA) is 224 Å². The monoisotopic (exact) mass is 776 g/mol. The van der Waals surface area contributed by atoms with Gasteiger partial charge in [-0.15, -0.1) is 0 Å². The van der Waals surface area contributed by atoms with E-state index in [1.807, 2.05) is 30.6 Å². The van der Waals surface area contributed by atoms with Crippen molar-refractivity contribution in [3.63, 3.8) is 0 Å². The third-order valence-electron chi connectivity index (χ3n) is 7.12. The van der Waals surface area contributed by atoms with Crippen LogP contribution in [0.25, 0.3) is 17.1 Å². The van der Waals surface area contributed by atoms with Gasteiger partial charge < -0.3 is 26.7 Å². The number of allylic oxidation sites excluding steroid dienone is 4. The van der Waals surface area contributed by atoms with Crippen LogP contribution < -0.4 is 22.1 Å². The van der Waals surface area contributed by atoms with E-state index in [9.17, 15) is 19.2 Å². The average Bonchev–Trinajstić information content (AvgIpc) is 3.99. The van der Waals surface area contributed by atoms with E-state index < -0.39 is 23.6 Å². The molecule has 1 aliphatic rings. The molecule has 0 fully saturated rings. The molecule has 6 N–H and O–H groups in total. The van der Waals surface area contributed by atoms with Gasteiger partial charge >= 0.3 is 0 Å². The molecule has 0 saturated carbocycles. The number of primary amides is 2. The number of aryl methyl sites for hydroxylation is 2. The van der Waals surface area contributed by atoms with E-state index in [0.717, 1.165) is 12.0 Å². The molecule has 6 aromatic rings. The van der Waals surface area contributed by atoms with Crippen molar-refractivity contribution in [2.45, 2.75) is 6.42 Å². The van der Waals surface area contributed by atoms with E-state index in [-0.39, 0.29) is 34.2 Å². The fraction of sp³-hybridized carbons (Fsp3) is 0.0833. The first kappa shape index (κ1) is 37.3. The Hall–Kier alpha value is -7.01. The molecule has 268 valence electrons. The lowest BCUT2D eigenvalue weighted by Crippen LogP contribution is -2.19. The number of hydrogen-bond acceptors (Lipinski definition) is 9. The Labute approximate surface area is 311 Å². The summed E-state index contributed by atoms with van der Waals surface area (Å²) >= 11 is 3.27. The molecule has 0 aliphatic heterocycles. The summed E-state index contributed by atoms with van der Waals surface area (Å²) in [5.74, 6) is -1.74. The maximum atomic E-state index is 12.4. The number of pyridine rings is 3. The Morgan fingerprint density at radius 1 is 0.717 bits per heavy atom. The molecule has 7 rings (SSSR count). The number of aromatic nitrogens is 8. The van der Waals surface area contributed by atoms with Crippen LogP contribution in [-0.4, -0.2) is 62.7 Å². The summed E-state index contributed by atoms with van der Waals surface area (Å²) < 4.78 is 5.29. The number of amides is 4. The Kier molecular flexibility index (Phi) is 12.1. The smallest absolute Gasteiger partial charge is 0.274 e. The standard InChI is InChI=1S/C16H13BrN6O2.C15H14N6O2.C5H6/c1-23-8-12(14(22-23)15(18)24)21-16(25)11-4-2-3-10(20-11)9-5-6-13(17)19-7-9;1-20-9-11(13(19-20)14(16)22)18-15(23)10-5-4-6-12(17-10)21-7-2-3-8-21;1-2-4-5-3-1/h2-8H,1H3,(H2,18,24)(H,21,25);2-9H,1H3,(H2,16,22)(H,18,23);1-4H,5H2. The van der Waals surface area contributed by atoms with E-state index in [1.165, 1.54) is 21.8 Å². The van der Waals surface area contributed by atoms with E-state index in [1.54, 1.807) is 67.3 Å². The van der Waals surface area contributed by atoms with Crippen molar-refractivity contribution >= 4 is 50.9 Å².